The molecule has 2 aromatic heterocycles. The number of pyridine rings is 1. The molecule has 0 bridgehead atoms. The van der Waals surface area contributed by atoms with Gasteiger partial charge < -0.3 is 24.3 Å². The first-order valence-corrected chi connectivity index (χ1v) is 12.2. The lowest BCUT2D eigenvalue weighted by atomic mass is 10.0. The van der Waals surface area contributed by atoms with Gasteiger partial charge in [-0.25, -0.2) is 4.79 Å². The molecule has 4 heterocycles. The molecule has 2 fully saturated rings. The number of carbonyl (C=O) groups excluding carboxylic acids is 1. The highest BCUT2D eigenvalue weighted by Crippen LogP contribution is 2.39. The molecule has 0 radical (unpaired) electrons. The van der Waals surface area contributed by atoms with Crippen LogP contribution < -0.4 is 5.32 Å². The molecular formula is C26H29N5O3S. The summed E-state index contributed by atoms with van der Waals surface area (Å²) in [6.07, 6.45) is 3.78. The van der Waals surface area contributed by atoms with Crippen molar-refractivity contribution in [2.45, 2.75) is 12.1 Å². The molecule has 182 valence electrons. The predicted octanol–water partition coefficient (Wildman–Crippen LogP) is 2.96. The van der Waals surface area contributed by atoms with Gasteiger partial charge in [-0.3, -0.25) is 9.88 Å². The third-order valence-corrected chi connectivity index (χ3v) is 6.96. The van der Waals surface area contributed by atoms with Crippen LogP contribution in [0, 0.1) is 0 Å². The minimum Gasteiger partial charge on any atom is -0.465 e. The van der Waals surface area contributed by atoms with Gasteiger partial charge in [-0.05, 0) is 48.6 Å². The van der Waals surface area contributed by atoms with Crippen LogP contribution in [0.15, 0.2) is 67.0 Å². The Hall–Kier alpha value is -3.27. The summed E-state index contributed by atoms with van der Waals surface area (Å²) in [4.78, 5) is 21.8. The van der Waals surface area contributed by atoms with Crippen LogP contribution in [0.25, 0.3) is 5.69 Å². The molecule has 2 atom stereocenters. The number of benzene rings is 1. The summed E-state index contributed by atoms with van der Waals surface area (Å²) in [5, 5.41) is 4.22. The van der Waals surface area contributed by atoms with E-state index < -0.39 is 0 Å². The van der Waals surface area contributed by atoms with Gasteiger partial charge in [0.25, 0.3) is 0 Å². The molecule has 2 saturated heterocycles. The first-order chi connectivity index (χ1) is 17.2. The highest BCUT2D eigenvalue weighted by atomic mass is 32.1. The normalized spacial score (nSPS) is 20.6. The summed E-state index contributed by atoms with van der Waals surface area (Å²) in [6.45, 7) is 5.02. The molecule has 9 heteroatoms. The zero-order valence-electron chi connectivity index (χ0n) is 19.7. The van der Waals surface area contributed by atoms with E-state index in [9.17, 15) is 4.79 Å². The molecule has 35 heavy (non-hydrogen) atoms. The average molecular weight is 492 g/mol. The molecule has 5 rings (SSSR count). The zero-order chi connectivity index (χ0) is 24.2. The summed E-state index contributed by atoms with van der Waals surface area (Å²) < 4.78 is 12.6. The summed E-state index contributed by atoms with van der Waals surface area (Å²) >= 11 is 5.84. The SMILES string of the molecule is COC(=O)c1ccccc1-n1cccc1[C@@H]1[C@H](c2ccccn2)NC(=S)N1CCN1CCOCC1. The highest BCUT2D eigenvalue weighted by Gasteiger charge is 2.41. The van der Waals surface area contributed by atoms with E-state index in [1.54, 1.807) is 12.3 Å². The molecule has 0 aliphatic carbocycles. The van der Waals surface area contributed by atoms with E-state index in [0.717, 1.165) is 56.5 Å². The van der Waals surface area contributed by atoms with Gasteiger partial charge in [0.15, 0.2) is 5.11 Å². The second-order valence-electron chi connectivity index (χ2n) is 8.59. The number of thiocarbonyl (C=S) groups is 1. The number of carbonyl (C=O) groups is 1. The van der Waals surface area contributed by atoms with E-state index >= 15 is 0 Å². The van der Waals surface area contributed by atoms with Crippen molar-refractivity contribution in [3.63, 3.8) is 0 Å². The smallest absolute Gasteiger partial charge is 0.339 e. The number of morpholine rings is 1. The third-order valence-electron chi connectivity index (χ3n) is 6.61. The lowest BCUT2D eigenvalue weighted by molar-refractivity contribution is 0.0349. The van der Waals surface area contributed by atoms with Gasteiger partial charge in [-0.15, -0.1) is 0 Å². The van der Waals surface area contributed by atoms with Crippen molar-refractivity contribution >= 4 is 23.3 Å². The Balaban J connectivity index is 1.54. The van der Waals surface area contributed by atoms with E-state index in [4.69, 9.17) is 21.7 Å². The Morgan fingerprint density at radius 1 is 1.11 bits per heavy atom. The maximum absolute atomic E-state index is 12.5. The maximum Gasteiger partial charge on any atom is 0.339 e. The molecular weight excluding hydrogens is 462 g/mol. The fourth-order valence-electron chi connectivity index (χ4n) is 4.86. The monoisotopic (exact) mass is 491 g/mol. The molecule has 1 aromatic carbocycles. The second-order valence-corrected chi connectivity index (χ2v) is 8.97. The molecule has 0 saturated carbocycles. The number of esters is 1. The largest absolute Gasteiger partial charge is 0.465 e. The Bertz CT molecular complexity index is 1180. The molecule has 0 spiro atoms. The summed E-state index contributed by atoms with van der Waals surface area (Å²) in [5.74, 6) is -0.370. The van der Waals surface area contributed by atoms with Gasteiger partial charge in [-0.2, -0.15) is 0 Å². The first-order valence-electron chi connectivity index (χ1n) is 11.8. The zero-order valence-corrected chi connectivity index (χ0v) is 20.5. The van der Waals surface area contributed by atoms with Crippen LogP contribution in [0.3, 0.4) is 0 Å². The number of hydrogen-bond donors (Lipinski definition) is 1. The molecule has 2 aliphatic rings. The van der Waals surface area contributed by atoms with Crippen LogP contribution in [0.4, 0.5) is 0 Å². The van der Waals surface area contributed by atoms with Gasteiger partial charge >= 0.3 is 5.97 Å². The van der Waals surface area contributed by atoms with Crippen LogP contribution in [0.5, 0.6) is 0 Å². The predicted molar refractivity (Wildman–Crippen MR) is 137 cm³/mol. The van der Waals surface area contributed by atoms with Crippen molar-refractivity contribution < 1.29 is 14.3 Å². The van der Waals surface area contributed by atoms with E-state index in [-0.39, 0.29) is 18.1 Å². The molecule has 2 aliphatic heterocycles. The van der Waals surface area contributed by atoms with Gasteiger partial charge in [0.2, 0.25) is 0 Å². The summed E-state index contributed by atoms with van der Waals surface area (Å²) in [6, 6.07) is 17.3. The summed E-state index contributed by atoms with van der Waals surface area (Å²) in [5.41, 5.74) is 3.22. The minimum absolute atomic E-state index is 0.112. The molecule has 0 unspecified atom stereocenters. The molecule has 1 N–H and O–H groups in total. The second kappa shape index (κ2) is 10.6. The van der Waals surface area contributed by atoms with Crippen molar-refractivity contribution in [2.24, 2.45) is 0 Å². The number of nitrogens with one attached hydrogen (secondary N) is 1. The fourth-order valence-corrected chi connectivity index (χ4v) is 5.19. The van der Waals surface area contributed by atoms with Crippen molar-refractivity contribution in [2.75, 3.05) is 46.5 Å². The van der Waals surface area contributed by atoms with Crippen LogP contribution in [-0.4, -0.2) is 76.9 Å². The average Bonchev–Trinajstić information content (AvgIpc) is 3.52. The fraction of sp³-hybridized carbons (Fsp3) is 0.346. The number of hydrogen-bond acceptors (Lipinski definition) is 6. The third kappa shape index (κ3) is 4.80. The van der Waals surface area contributed by atoms with Crippen molar-refractivity contribution in [3.8, 4) is 5.69 Å². The van der Waals surface area contributed by atoms with Crippen molar-refractivity contribution in [1.82, 2.24) is 24.7 Å². The summed E-state index contributed by atoms with van der Waals surface area (Å²) in [7, 11) is 1.40. The number of ether oxygens (including phenoxy) is 2. The highest BCUT2D eigenvalue weighted by molar-refractivity contribution is 7.80. The van der Waals surface area contributed by atoms with Crippen LogP contribution in [0.1, 0.15) is 33.8 Å². The molecule has 3 aromatic rings. The lowest BCUT2D eigenvalue weighted by Crippen LogP contribution is -2.42. The quantitative estimate of drug-likeness (QED) is 0.400. The van der Waals surface area contributed by atoms with Gasteiger partial charge in [0, 0.05) is 44.3 Å². The van der Waals surface area contributed by atoms with Crippen LogP contribution in [0.2, 0.25) is 0 Å². The van der Waals surface area contributed by atoms with E-state index in [1.165, 1.54) is 7.11 Å². The maximum atomic E-state index is 12.5. The minimum atomic E-state index is -0.370. The number of aromatic nitrogens is 2. The van der Waals surface area contributed by atoms with Gasteiger partial charge in [-0.1, -0.05) is 18.2 Å². The van der Waals surface area contributed by atoms with E-state index in [1.807, 2.05) is 48.7 Å². The van der Waals surface area contributed by atoms with Gasteiger partial charge in [0.1, 0.15) is 0 Å². The lowest BCUT2D eigenvalue weighted by Gasteiger charge is -2.32. The van der Waals surface area contributed by atoms with Crippen LogP contribution in [-0.2, 0) is 9.47 Å². The topological polar surface area (TPSA) is 71.9 Å². The van der Waals surface area contributed by atoms with Gasteiger partial charge in [0.05, 0.1) is 49.4 Å². The van der Waals surface area contributed by atoms with E-state index in [0.29, 0.717) is 10.7 Å². The number of rotatable bonds is 7. The Morgan fingerprint density at radius 2 is 1.91 bits per heavy atom. The first kappa shape index (κ1) is 23.5. The standard InChI is InChI=1S/C26H29N5O3S/c1-33-25(32)19-7-2-3-9-21(19)30-12-6-10-22(30)24-23(20-8-4-5-11-27-20)28-26(35)31(24)14-13-29-15-17-34-18-16-29/h2-12,23-24H,13-18H2,1H3,(H,28,35)/t23-,24+/m0/s1. The Morgan fingerprint density at radius 3 is 2.69 bits per heavy atom. The Labute approximate surface area is 210 Å². The Kier molecular flexibility index (Phi) is 7.08. The molecule has 8 nitrogen and oxygen atoms in total. The van der Waals surface area contributed by atoms with E-state index in [2.05, 4.69) is 30.7 Å². The number of para-hydroxylation sites is 1. The molecule has 0 amide bonds. The van der Waals surface area contributed by atoms with Crippen molar-refractivity contribution in [1.29, 1.82) is 0 Å². The van der Waals surface area contributed by atoms with Crippen molar-refractivity contribution in [3.05, 3.63) is 83.9 Å². The van der Waals surface area contributed by atoms with Crippen LogP contribution >= 0.6 is 12.2 Å². The number of nitrogens with zero attached hydrogens (tertiary/aromatic N) is 4. The number of methoxy groups -OCH3 is 1.